The van der Waals surface area contributed by atoms with Gasteiger partial charge in [0, 0.05) is 22.7 Å². The van der Waals surface area contributed by atoms with E-state index in [1.165, 1.54) is 39.0 Å². The van der Waals surface area contributed by atoms with E-state index >= 15 is 0 Å². The molecular weight excluding hydrogens is 1040 g/mol. The van der Waals surface area contributed by atoms with Gasteiger partial charge >= 0.3 is 0 Å². The van der Waals surface area contributed by atoms with E-state index in [9.17, 15) is 10.5 Å². The van der Waals surface area contributed by atoms with Crippen molar-refractivity contribution in [2.24, 2.45) is 5.92 Å². The third kappa shape index (κ3) is 10.6. The topological polar surface area (TPSA) is 54.1 Å². The maximum absolute atomic E-state index is 11.1. The second kappa shape index (κ2) is 21.9. The highest BCUT2D eigenvalue weighted by Crippen LogP contribution is 2.54. The number of nitrogens with zero attached hydrogens (tertiary/aromatic N) is 4. The highest BCUT2D eigenvalue weighted by molar-refractivity contribution is 5.93. The molecule has 424 valence electrons. The van der Waals surface area contributed by atoms with E-state index in [0.717, 1.165) is 84.1 Å². The third-order valence-electron chi connectivity index (χ3n) is 17.7. The number of nitriles is 2. The molecule has 0 heterocycles. The van der Waals surface area contributed by atoms with Gasteiger partial charge in [-0.1, -0.05) is 259 Å². The average molecular weight is 1120 g/mol. The van der Waals surface area contributed by atoms with Crippen LogP contribution in [0.2, 0.25) is 0 Å². The van der Waals surface area contributed by atoms with E-state index in [0.29, 0.717) is 11.1 Å². The van der Waals surface area contributed by atoms with Gasteiger partial charge in [-0.25, -0.2) is 0 Å². The summed E-state index contributed by atoms with van der Waals surface area (Å²) in [4.78, 5) is 4.78. The Morgan fingerprint density at radius 1 is 0.384 bits per heavy atom. The Bertz CT molecular complexity index is 4370. The van der Waals surface area contributed by atoms with Crippen LogP contribution in [-0.2, 0) is 21.7 Å². The molecule has 8 aromatic carbocycles. The normalized spacial score (nSPS) is 16.3. The van der Waals surface area contributed by atoms with E-state index in [4.69, 9.17) is 0 Å². The molecular formula is C82H76N4. The van der Waals surface area contributed by atoms with Crippen LogP contribution in [0.1, 0.15) is 116 Å². The second-order valence-corrected chi connectivity index (χ2v) is 27.7. The van der Waals surface area contributed by atoms with Crippen molar-refractivity contribution in [2.75, 3.05) is 9.80 Å². The van der Waals surface area contributed by atoms with Crippen LogP contribution < -0.4 is 9.80 Å². The molecule has 0 aliphatic heterocycles. The molecule has 0 bridgehead atoms. The first-order chi connectivity index (χ1) is 41.1. The van der Waals surface area contributed by atoms with Crippen LogP contribution in [0, 0.1) is 28.6 Å². The van der Waals surface area contributed by atoms with Crippen LogP contribution in [0.5, 0.6) is 0 Å². The summed E-state index contributed by atoms with van der Waals surface area (Å²) >= 11 is 0. The third-order valence-corrected chi connectivity index (χ3v) is 17.7. The van der Waals surface area contributed by atoms with Gasteiger partial charge in [-0.3, -0.25) is 0 Å². The summed E-state index contributed by atoms with van der Waals surface area (Å²) in [5, 5.41) is 22.1. The highest BCUT2D eigenvalue weighted by Gasteiger charge is 2.41. The fraction of sp³-hybridized carbons (Fsp3) is 0.220. The molecule has 4 aliphatic carbocycles. The predicted octanol–water partition coefficient (Wildman–Crippen LogP) is 21.4. The molecule has 0 amide bonds. The Morgan fingerprint density at radius 3 is 1.36 bits per heavy atom. The fourth-order valence-electron chi connectivity index (χ4n) is 12.8. The van der Waals surface area contributed by atoms with Gasteiger partial charge in [-0.05, 0) is 160 Å². The molecule has 4 aliphatic rings. The Kier molecular flexibility index (Phi) is 14.5. The molecule has 0 aromatic heterocycles. The van der Waals surface area contributed by atoms with Crippen LogP contribution in [0.4, 0.5) is 22.7 Å². The predicted molar refractivity (Wildman–Crippen MR) is 361 cm³/mol. The molecule has 0 N–H and O–H groups in total. The minimum absolute atomic E-state index is 0.0229. The van der Waals surface area contributed by atoms with Crippen LogP contribution in [0.3, 0.4) is 0 Å². The van der Waals surface area contributed by atoms with E-state index < -0.39 is 0 Å². The van der Waals surface area contributed by atoms with Gasteiger partial charge in [-0.2, -0.15) is 10.5 Å². The zero-order valence-electron chi connectivity index (χ0n) is 51.9. The summed E-state index contributed by atoms with van der Waals surface area (Å²) < 4.78 is 0. The smallest absolute Gasteiger partial charge is 0.101 e. The summed E-state index contributed by atoms with van der Waals surface area (Å²) in [5.74, 6) is -0.139. The zero-order valence-corrected chi connectivity index (χ0v) is 51.9. The van der Waals surface area contributed by atoms with E-state index in [1.54, 1.807) is 0 Å². The lowest BCUT2D eigenvalue weighted by molar-refractivity contribution is 0.590. The first-order valence-electron chi connectivity index (χ1n) is 30.3. The molecule has 12 rings (SSSR count). The van der Waals surface area contributed by atoms with E-state index in [1.807, 2.05) is 30.3 Å². The maximum Gasteiger partial charge on any atom is 0.101 e. The van der Waals surface area contributed by atoms with Crippen LogP contribution >= 0.6 is 0 Å². The zero-order chi connectivity index (χ0) is 60.5. The van der Waals surface area contributed by atoms with E-state index in [-0.39, 0.29) is 33.6 Å². The number of anilines is 4. The molecule has 2 unspecified atom stereocenters. The van der Waals surface area contributed by atoms with E-state index in [2.05, 4.69) is 305 Å². The van der Waals surface area contributed by atoms with Crippen molar-refractivity contribution in [1.29, 1.82) is 10.5 Å². The molecule has 8 aromatic rings. The number of hydrogen-bond acceptors (Lipinski definition) is 4. The summed E-state index contributed by atoms with van der Waals surface area (Å²) in [5.41, 5.74) is 25.5. The summed E-state index contributed by atoms with van der Waals surface area (Å²) in [6.45, 7) is 27.2. The SMILES string of the molecule is CC(C)(C)c1cccc(-c2ccc(N(C3=C4C=CC5=C6C(=CC=C(C=C3)C46)C(N(c3ccccc3C#N)c3ccc(-c4cccc(C(C)(C)C)c4)cc3-c3cccc(C(C)(C)C)c3)C=C5)c3ccccc3C#N)c(-c3cccc(C(C)(C)C)c3)c2)c1. The molecule has 4 nitrogen and oxygen atoms in total. The summed E-state index contributed by atoms with van der Waals surface area (Å²) in [6, 6.07) is 70.8. The van der Waals surface area contributed by atoms with Crippen LogP contribution in [0.15, 0.2) is 264 Å². The lowest BCUT2D eigenvalue weighted by atomic mass is 9.67. The van der Waals surface area contributed by atoms with Crippen LogP contribution in [-0.4, -0.2) is 6.04 Å². The molecule has 0 saturated heterocycles. The minimum atomic E-state index is -0.316. The quantitative estimate of drug-likeness (QED) is 0.137. The molecule has 86 heavy (non-hydrogen) atoms. The maximum atomic E-state index is 11.1. The van der Waals surface area contributed by atoms with Crippen molar-refractivity contribution in [3.63, 3.8) is 0 Å². The number of para-hydroxylation sites is 2. The summed E-state index contributed by atoms with van der Waals surface area (Å²) in [6.07, 6.45) is 18.4. The first-order valence-corrected chi connectivity index (χ1v) is 30.3. The van der Waals surface area contributed by atoms with Crippen molar-refractivity contribution in [3.8, 4) is 56.6 Å². The second-order valence-electron chi connectivity index (χ2n) is 27.7. The average Bonchev–Trinajstić information content (AvgIpc) is 0.772. The Hall–Kier alpha value is -9.48. The number of rotatable bonds is 10. The van der Waals surface area contributed by atoms with Gasteiger partial charge in [0.15, 0.2) is 0 Å². The fourth-order valence-corrected chi connectivity index (χ4v) is 12.8. The standard InChI is InChI=1S/C82H76N4/c1-79(2,3)63-27-17-23-55(45-63)57-37-43-75(69(49-57)59-25-19-29-65(47-59)81(7,8)9)85(71-31-15-13-21-61(71)51-83)73-41-35-53-34-40-68-74(42-36-54-33-39-67(73)77(53)78(54)68)86(72-32-16-14-22-62(72)52-84)76-44-38-58(56-24-18-28-64(46-56)80(4,5)6)50-70(76)60-26-20-30-66(48-60)82(10,11)12/h13-50,73,78H,1-12H3. The minimum Gasteiger partial charge on any atom is -0.329 e. The molecule has 2 atom stereocenters. The molecule has 0 saturated carbocycles. The number of hydrogen-bond donors (Lipinski definition) is 0. The Labute approximate surface area is 511 Å². The van der Waals surface area contributed by atoms with Crippen molar-refractivity contribution in [1.82, 2.24) is 0 Å². The number of benzene rings is 8. The molecule has 0 spiro atoms. The monoisotopic (exact) mass is 1120 g/mol. The van der Waals surface area contributed by atoms with Crippen molar-refractivity contribution < 1.29 is 0 Å². The van der Waals surface area contributed by atoms with Gasteiger partial charge in [0.2, 0.25) is 0 Å². The molecule has 0 fully saturated rings. The van der Waals surface area contributed by atoms with Gasteiger partial charge in [0.25, 0.3) is 0 Å². The van der Waals surface area contributed by atoms with Crippen molar-refractivity contribution in [3.05, 3.63) is 298 Å². The van der Waals surface area contributed by atoms with Crippen molar-refractivity contribution in [2.45, 2.75) is 111 Å². The Balaban J connectivity index is 1.05. The molecule has 4 heteroatoms. The van der Waals surface area contributed by atoms with Crippen molar-refractivity contribution >= 4 is 22.7 Å². The van der Waals surface area contributed by atoms with Gasteiger partial charge < -0.3 is 9.80 Å². The Morgan fingerprint density at radius 2 is 0.837 bits per heavy atom. The lowest BCUT2D eigenvalue weighted by Gasteiger charge is -2.44. The van der Waals surface area contributed by atoms with Gasteiger partial charge in [0.05, 0.1) is 39.9 Å². The van der Waals surface area contributed by atoms with Gasteiger partial charge in [0.1, 0.15) is 12.1 Å². The van der Waals surface area contributed by atoms with Gasteiger partial charge in [-0.15, -0.1) is 0 Å². The largest absolute Gasteiger partial charge is 0.329 e. The summed E-state index contributed by atoms with van der Waals surface area (Å²) in [7, 11) is 0. The number of allylic oxidation sites excluding steroid dienone is 10. The molecule has 0 radical (unpaired) electrons. The lowest BCUT2D eigenvalue weighted by Crippen LogP contribution is -2.38. The van der Waals surface area contributed by atoms with Crippen LogP contribution in [0.25, 0.3) is 44.5 Å². The highest BCUT2D eigenvalue weighted by atomic mass is 15.2. The first kappa shape index (κ1) is 57.0.